The number of rotatable bonds is 3. The molecule has 2 rings (SSSR count). The van der Waals surface area contributed by atoms with Crippen LogP contribution in [0.5, 0.6) is 5.75 Å². The molecule has 0 saturated heterocycles. The van der Waals surface area contributed by atoms with Crippen molar-refractivity contribution in [3.05, 3.63) is 59.2 Å². The molecular weight excluding hydrogens is 258 g/mol. The van der Waals surface area contributed by atoms with Gasteiger partial charge in [-0.3, -0.25) is 0 Å². The van der Waals surface area contributed by atoms with Crippen molar-refractivity contribution in [1.82, 2.24) is 0 Å². The smallest absolute Gasteiger partial charge is 0.120 e. The maximum atomic E-state index is 9.77. The first-order valence-corrected chi connectivity index (χ1v) is 7.44. The predicted molar refractivity (Wildman–Crippen MR) is 90.0 cm³/mol. The van der Waals surface area contributed by atoms with Crippen molar-refractivity contribution in [2.45, 2.75) is 46.1 Å². The zero-order valence-corrected chi connectivity index (χ0v) is 13.6. The molecule has 0 amide bonds. The molecule has 2 N–H and O–H groups in total. The zero-order valence-electron chi connectivity index (χ0n) is 13.6. The Kier molecular flexibility index (Phi) is 4.26. The number of hydrogen-bond acceptors (Lipinski definition) is 2. The lowest BCUT2D eigenvalue weighted by molar-refractivity contribution is 0.471. The molecule has 0 bridgehead atoms. The van der Waals surface area contributed by atoms with E-state index in [1.807, 2.05) is 19.1 Å². The molecule has 0 aromatic heterocycles. The second-order valence-corrected chi connectivity index (χ2v) is 6.74. The Morgan fingerprint density at radius 1 is 1.00 bits per heavy atom. The number of aryl methyl sites for hydroxylation is 1. The van der Waals surface area contributed by atoms with Crippen LogP contribution in [0.2, 0.25) is 0 Å². The fraction of sp³-hybridized carbons (Fsp3) is 0.368. The van der Waals surface area contributed by atoms with Gasteiger partial charge in [-0.1, -0.05) is 51.1 Å². The fourth-order valence-electron chi connectivity index (χ4n) is 2.30. The van der Waals surface area contributed by atoms with Crippen molar-refractivity contribution in [3.63, 3.8) is 0 Å². The van der Waals surface area contributed by atoms with E-state index in [1.54, 1.807) is 6.07 Å². The van der Waals surface area contributed by atoms with E-state index >= 15 is 0 Å². The summed E-state index contributed by atoms with van der Waals surface area (Å²) >= 11 is 0. The predicted octanol–water partition coefficient (Wildman–Crippen LogP) is 5.17. The molecule has 1 unspecified atom stereocenters. The normalized spacial score (nSPS) is 13.0. The summed E-state index contributed by atoms with van der Waals surface area (Å²) in [6.07, 6.45) is 0. The van der Waals surface area contributed by atoms with Gasteiger partial charge < -0.3 is 10.4 Å². The molecule has 2 heteroatoms. The molecule has 0 spiro atoms. The maximum absolute atomic E-state index is 9.77. The Bertz CT molecular complexity index is 608. The number of phenolic OH excluding ortho intramolecular Hbond substituents is 1. The van der Waals surface area contributed by atoms with Gasteiger partial charge in [0.1, 0.15) is 5.75 Å². The number of hydrogen-bond donors (Lipinski definition) is 2. The average Bonchev–Trinajstić information content (AvgIpc) is 2.42. The summed E-state index contributed by atoms with van der Waals surface area (Å²) in [5.41, 5.74) is 4.58. The Hall–Kier alpha value is -1.96. The third-order valence-corrected chi connectivity index (χ3v) is 3.87. The minimum Gasteiger partial charge on any atom is -0.508 e. The minimum atomic E-state index is 0.179. The van der Waals surface area contributed by atoms with Crippen LogP contribution in [-0.4, -0.2) is 5.11 Å². The number of aromatic hydroxyl groups is 1. The second-order valence-electron chi connectivity index (χ2n) is 6.74. The van der Waals surface area contributed by atoms with Gasteiger partial charge in [0.15, 0.2) is 0 Å². The molecule has 1 atom stereocenters. The fourth-order valence-corrected chi connectivity index (χ4v) is 2.30. The molecule has 0 fully saturated rings. The Labute approximate surface area is 127 Å². The number of benzene rings is 2. The number of phenols is 1. The van der Waals surface area contributed by atoms with E-state index in [-0.39, 0.29) is 11.5 Å². The van der Waals surface area contributed by atoms with Crippen molar-refractivity contribution in [2.24, 2.45) is 0 Å². The van der Waals surface area contributed by atoms with Crippen LogP contribution in [0.4, 0.5) is 5.69 Å². The van der Waals surface area contributed by atoms with Gasteiger partial charge in [-0.15, -0.1) is 0 Å². The van der Waals surface area contributed by atoms with Crippen LogP contribution in [-0.2, 0) is 5.41 Å². The number of nitrogens with one attached hydrogen (secondary N) is 1. The molecule has 0 aliphatic carbocycles. The lowest BCUT2D eigenvalue weighted by Crippen LogP contribution is -2.12. The molecule has 0 saturated carbocycles. The van der Waals surface area contributed by atoms with Crippen molar-refractivity contribution in [1.29, 1.82) is 0 Å². The minimum absolute atomic E-state index is 0.179. The van der Waals surface area contributed by atoms with Crippen LogP contribution in [0.3, 0.4) is 0 Å². The van der Waals surface area contributed by atoms with Gasteiger partial charge in [0.05, 0.1) is 0 Å². The van der Waals surface area contributed by atoms with E-state index in [9.17, 15) is 5.11 Å². The maximum Gasteiger partial charge on any atom is 0.120 e. The summed E-state index contributed by atoms with van der Waals surface area (Å²) < 4.78 is 0. The summed E-state index contributed by atoms with van der Waals surface area (Å²) in [4.78, 5) is 0. The molecule has 2 aromatic rings. The van der Waals surface area contributed by atoms with E-state index in [4.69, 9.17) is 0 Å². The first-order valence-electron chi connectivity index (χ1n) is 7.44. The first-order chi connectivity index (χ1) is 9.77. The van der Waals surface area contributed by atoms with Crippen LogP contribution < -0.4 is 5.32 Å². The highest BCUT2D eigenvalue weighted by Gasteiger charge is 2.14. The van der Waals surface area contributed by atoms with Crippen LogP contribution >= 0.6 is 0 Å². The van der Waals surface area contributed by atoms with Crippen molar-refractivity contribution in [2.75, 3.05) is 5.32 Å². The second kappa shape index (κ2) is 5.80. The molecule has 2 nitrogen and oxygen atoms in total. The summed E-state index contributed by atoms with van der Waals surface area (Å²) in [5, 5.41) is 13.2. The van der Waals surface area contributed by atoms with E-state index in [1.165, 1.54) is 11.1 Å². The van der Waals surface area contributed by atoms with E-state index < -0.39 is 0 Å². The number of anilines is 1. The zero-order chi connectivity index (χ0) is 15.6. The highest BCUT2D eigenvalue weighted by Crippen LogP contribution is 2.27. The van der Waals surface area contributed by atoms with Gasteiger partial charge in [0, 0.05) is 17.8 Å². The van der Waals surface area contributed by atoms with Gasteiger partial charge >= 0.3 is 0 Å². The molecule has 0 heterocycles. The quantitative estimate of drug-likeness (QED) is 0.814. The molecule has 2 aromatic carbocycles. The molecule has 0 aliphatic rings. The highest BCUT2D eigenvalue weighted by molar-refractivity contribution is 5.52. The van der Waals surface area contributed by atoms with Gasteiger partial charge in [-0.2, -0.15) is 0 Å². The molecule has 0 radical (unpaired) electrons. The van der Waals surface area contributed by atoms with E-state index in [0.29, 0.717) is 5.75 Å². The lowest BCUT2D eigenvalue weighted by atomic mass is 9.86. The third kappa shape index (κ3) is 3.78. The van der Waals surface area contributed by atoms with Crippen LogP contribution in [0.15, 0.2) is 42.5 Å². The van der Waals surface area contributed by atoms with Gasteiger partial charge in [-0.05, 0) is 42.0 Å². The summed E-state index contributed by atoms with van der Waals surface area (Å²) in [6.45, 7) is 10.7. The van der Waals surface area contributed by atoms with E-state index in [0.717, 1.165) is 11.3 Å². The first kappa shape index (κ1) is 15.4. The van der Waals surface area contributed by atoms with Gasteiger partial charge in [0.2, 0.25) is 0 Å². The monoisotopic (exact) mass is 283 g/mol. The SMILES string of the molecule is Cc1ccc(NC(C)c2ccc(C(C)(C)C)cc2)cc1O. The summed E-state index contributed by atoms with van der Waals surface area (Å²) in [6, 6.07) is 14.6. The van der Waals surface area contributed by atoms with Crippen LogP contribution in [0.25, 0.3) is 0 Å². The van der Waals surface area contributed by atoms with E-state index in [2.05, 4.69) is 57.3 Å². The molecule has 21 heavy (non-hydrogen) atoms. The molecule has 0 aliphatic heterocycles. The highest BCUT2D eigenvalue weighted by atomic mass is 16.3. The van der Waals surface area contributed by atoms with Crippen molar-refractivity contribution in [3.8, 4) is 5.75 Å². The topological polar surface area (TPSA) is 32.3 Å². The Morgan fingerprint density at radius 3 is 2.14 bits per heavy atom. The average molecular weight is 283 g/mol. The standard InChI is InChI=1S/C19H25NO/c1-13-6-11-17(12-18(13)21)20-14(2)15-7-9-16(10-8-15)19(3,4)5/h6-12,14,20-21H,1-5H3. The summed E-state index contributed by atoms with van der Waals surface area (Å²) in [7, 11) is 0. The molecule has 112 valence electrons. The van der Waals surface area contributed by atoms with Crippen molar-refractivity contribution < 1.29 is 5.11 Å². The summed E-state index contributed by atoms with van der Waals surface area (Å²) in [5.74, 6) is 0.329. The molecular formula is C19H25NO. The Morgan fingerprint density at radius 2 is 1.62 bits per heavy atom. The third-order valence-electron chi connectivity index (χ3n) is 3.87. The van der Waals surface area contributed by atoms with Gasteiger partial charge in [0.25, 0.3) is 0 Å². The Balaban J connectivity index is 2.13. The van der Waals surface area contributed by atoms with Crippen molar-refractivity contribution >= 4 is 5.69 Å². The lowest BCUT2D eigenvalue weighted by Gasteiger charge is -2.21. The van der Waals surface area contributed by atoms with Crippen LogP contribution in [0.1, 0.15) is 50.4 Å². The largest absolute Gasteiger partial charge is 0.508 e. The van der Waals surface area contributed by atoms with Gasteiger partial charge in [-0.25, -0.2) is 0 Å². The van der Waals surface area contributed by atoms with Crippen LogP contribution in [0, 0.1) is 6.92 Å².